The van der Waals surface area contributed by atoms with Crippen LogP contribution in [-0.4, -0.2) is 54.2 Å². The average Bonchev–Trinajstić information content (AvgIpc) is 2.33. The van der Waals surface area contributed by atoms with E-state index < -0.39 is 15.4 Å². The number of fused-ring (bicyclic) bond motifs is 2. The lowest BCUT2D eigenvalue weighted by Crippen LogP contribution is -2.52. The van der Waals surface area contributed by atoms with Crippen LogP contribution in [0.2, 0.25) is 0 Å². The van der Waals surface area contributed by atoms with E-state index >= 15 is 0 Å². The predicted molar refractivity (Wildman–Crippen MR) is 76.9 cm³/mol. The van der Waals surface area contributed by atoms with Gasteiger partial charge in [-0.15, -0.1) is 0 Å². The molecule has 2 heterocycles. The maximum absolute atomic E-state index is 12.2. The predicted octanol–water partition coefficient (Wildman–Crippen LogP) is 1.58. The molecule has 2 bridgehead atoms. The van der Waals surface area contributed by atoms with Gasteiger partial charge in [-0.25, -0.2) is 8.42 Å². The lowest BCUT2D eigenvalue weighted by atomic mass is 9.83. The summed E-state index contributed by atoms with van der Waals surface area (Å²) in [5, 5.41) is 10.2. The van der Waals surface area contributed by atoms with Crippen molar-refractivity contribution in [2.24, 2.45) is 0 Å². The van der Waals surface area contributed by atoms with Crippen molar-refractivity contribution in [2.45, 2.75) is 68.5 Å². The molecule has 2 fully saturated rings. The van der Waals surface area contributed by atoms with Gasteiger partial charge in [-0.1, -0.05) is 20.3 Å². The minimum absolute atomic E-state index is 0.290. The summed E-state index contributed by atoms with van der Waals surface area (Å²) in [6.45, 7) is 7.07. The molecule has 4 nitrogen and oxygen atoms in total. The molecular weight excluding hydrogens is 262 g/mol. The Balaban J connectivity index is 2.02. The van der Waals surface area contributed by atoms with E-state index in [0.717, 1.165) is 38.9 Å². The van der Waals surface area contributed by atoms with Gasteiger partial charge in [-0.2, -0.15) is 0 Å². The van der Waals surface area contributed by atoms with E-state index in [1.54, 1.807) is 0 Å². The summed E-state index contributed by atoms with van der Waals surface area (Å²) in [4.78, 5) is 2.29. The fraction of sp³-hybridized carbons (Fsp3) is 1.00. The summed E-state index contributed by atoms with van der Waals surface area (Å²) >= 11 is 0. The van der Waals surface area contributed by atoms with E-state index in [1.807, 2.05) is 0 Å². The Morgan fingerprint density at radius 1 is 1.16 bits per heavy atom. The van der Waals surface area contributed by atoms with Crippen LogP contribution in [-0.2, 0) is 9.84 Å². The van der Waals surface area contributed by atoms with Crippen LogP contribution < -0.4 is 0 Å². The van der Waals surface area contributed by atoms with Gasteiger partial charge in [-0.3, -0.25) is 0 Å². The molecule has 0 spiro atoms. The van der Waals surface area contributed by atoms with Crippen molar-refractivity contribution >= 4 is 9.84 Å². The first-order valence-electron chi connectivity index (χ1n) is 7.58. The van der Waals surface area contributed by atoms with Gasteiger partial charge < -0.3 is 10.0 Å². The van der Waals surface area contributed by atoms with Crippen LogP contribution in [0.25, 0.3) is 0 Å². The molecule has 5 heteroatoms. The Labute approximate surface area is 117 Å². The summed E-state index contributed by atoms with van der Waals surface area (Å²) in [5.74, 6) is 0. The number of hydrogen-bond acceptors (Lipinski definition) is 4. The van der Waals surface area contributed by atoms with Gasteiger partial charge in [0.05, 0.1) is 16.1 Å². The largest absolute Gasteiger partial charge is 0.390 e. The number of aliphatic hydroxyl groups is 1. The van der Waals surface area contributed by atoms with Crippen LogP contribution in [0, 0.1) is 0 Å². The summed E-state index contributed by atoms with van der Waals surface area (Å²) < 4.78 is 24.4. The first-order chi connectivity index (χ1) is 8.91. The Kier molecular flexibility index (Phi) is 4.58. The SMILES string of the molecule is CCN(CC)CCC1(O)CC2CCCC(C1)S2(=O)=O. The van der Waals surface area contributed by atoms with Crippen LogP contribution in [0.3, 0.4) is 0 Å². The summed E-state index contributed by atoms with van der Waals surface area (Å²) in [5.41, 5.74) is -0.760. The molecule has 2 atom stereocenters. The van der Waals surface area contributed by atoms with Gasteiger partial charge in [0.2, 0.25) is 0 Å². The van der Waals surface area contributed by atoms with Gasteiger partial charge in [0.25, 0.3) is 0 Å². The standard InChI is InChI=1S/C14H27NO3S/c1-3-15(4-2)9-8-14(16)10-12-6-5-7-13(11-14)19(12,17)18/h12-13,16H,3-11H2,1-2H3. The Morgan fingerprint density at radius 3 is 2.16 bits per heavy atom. The molecule has 0 radical (unpaired) electrons. The van der Waals surface area contributed by atoms with Crippen molar-refractivity contribution in [3.05, 3.63) is 0 Å². The molecule has 0 aliphatic carbocycles. The fourth-order valence-electron chi connectivity index (χ4n) is 3.65. The van der Waals surface area contributed by atoms with Crippen molar-refractivity contribution < 1.29 is 13.5 Å². The van der Waals surface area contributed by atoms with E-state index in [4.69, 9.17) is 0 Å². The van der Waals surface area contributed by atoms with Gasteiger partial charge in [-0.05, 0) is 45.2 Å². The highest BCUT2D eigenvalue weighted by Gasteiger charge is 2.49. The van der Waals surface area contributed by atoms with Crippen molar-refractivity contribution in [3.8, 4) is 0 Å². The smallest absolute Gasteiger partial charge is 0.156 e. The van der Waals surface area contributed by atoms with Gasteiger partial charge in [0, 0.05) is 6.54 Å². The molecule has 2 aliphatic heterocycles. The van der Waals surface area contributed by atoms with Gasteiger partial charge in [0.15, 0.2) is 9.84 Å². The topological polar surface area (TPSA) is 57.6 Å². The molecular formula is C14H27NO3S. The Bertz CT molecular complexity index is 383. The highest BCUT2D eigenvalue weighted by molar-refractivity contribution is 7.92. The first kappa shape index (κ1) is 15.3. The maximum atomic E-state index is 12.2. The molecule has 2 aliphatic rings. The Morgan fingerprint density at radius 2 is 1.68 bits per heavy atom. The van der Waals surface area contributed by atoms with E-state index in [9.17, 15) is 13.5 Å². The van der Waals surface area contributed by atoms with E-state index in [1.165, 1.54) is 0 Å². The lowest BCUT2D eigenvalue weighted by Gasteiger charge is -2.44. The summed E-state index contributed by atoms with van der Waals surface area (Å²) in [6, 6.07) is 0. The molecule has 1 N–H and O–H groups in total. The van der Waals surface area contributed by atoms with Crippen LogP contribution in [0.1, 0.15) is 52.4 Å². The summed E-state index contributed by atoms with van der Waals surface area (Å²) in [6.07, 6.45) is 4.09. The molecule has 19 heavy (non-hydrogen) atoms. The third kappa shape index (κ3) is 3.14. The number of nitrogens with zero attached hydrogens (tertiary/aromatic N) is 1. The number of rotatable bonds is 5. The molecule has 112 valence electrons. The third-order valence-corrected chi connectivity index (χ3v) is 7.65. The zero-order valence-electron chi connectivity index (χ0n) is 12.1. The first-order valence-corrected chi connectivity index (χ1v) is 9.19. The van der Waals surface area contributed by atoms with Crippen LogP contribution in [0.5, 0.6) is 0 Å². The molecule has 2 rings (SSSR count). The van der Waals surface area contributed by atoms with Crippen LogP contribution >= 0.6 is 0 Å². The van der Waals surface area contributed by atoms with E-state index in [0.29, 0.717) is 19.3 Å². The average molecular weight is 289 g/mol. The third-order valence-electron chi connectivity index (χ3n) is 4.98. The second kappa shape index (κ2) is 5.70. The molecule has 2 unspecified atom stereocenters. The molecule has 0 aromatic heterocycles. The molecule has 0 saturated carbocycles. The second-order valence-corrected chi connectivity index (χ2v) is 8.68. The molecule has 0 aromatic rings. The number of hydrogen-bond donors (Lipinski definition) is 1. The minimum atomic E-state index is -2.96. The zero-order valence-corrected chi connectivity index (χ0v) is 13.0. The van der Waals surface area contributed by atoms with Gasteiger partial charge in [0.1, 0.15) is 0 Å². The van der Waals surface area contributed by atoms with Crippen LogP contribution in [0.4, 0.5) is 0 Å². The fourth-order valence-corrected chi connectivity index (χ4v) is 6.27. The highest BCUT2D eigenvalue weighted by atomic mass is 32.2. The summed E-state index contributed by atoms with van der Waals surface area (Å²) in [7, 11) is -2.96. The van der Waals surface area contributed by atoms with Crippen molar-refractivity contribution in [2.75, 3.05) is 19.6 Å². The van der Waals surface area contributed by atoms with E-state index in [2.05, 4.69) is 18.7 Å². The Hall–Kier alpha value is -0.130. The van der Waals surface area contributed by atoms with Crippen molar-refractivity contribution in [1.29, 1.82) is 0 Å². The quantitative estimate of drug-likeness (QED) is 0.835. The van der Waals surface area contributed by atoms with Crippen molar-refractivity contribution in [3.63, 3.8) is 0 Å². The van der Waals surface area contributed by atoms with Crippen LogP contribution in [0.15, 0.2) is 0 Å². The molecule has 0 aromatic carbocycles. The van der Waals surface area contributed by atoms with Crippen molar-refractivity contribution in [1.82, 2.24) is 4.90 Å². The lowest BCUT2D eigenvalue weighted by molar-refractivity contribution is -0.00568. The molecule has 2 saturated heterocycles. The normalized spacial score (nSPS) is 37.5. The second-order valence-electron chi connectivity index (χ2n) is 6.17. The number of sulfone groups is 1. The monoisotopic (exact) mass is 289 g/mol. The minimum Gasteiger partial charge on any atom is -0.390 e. The zero-order chi connectivity index (χ0) is 14.1. The van der Waals surface area contributed by atoms with Gasteiger partial charge >= 0.3 is 0 Å². The maximum Gasteiger partial charge on any atom is 0.156 e. The molecule has 0 amide bonds. The highest BCUT2D eigenvalue weighted by Crippen LogP contribution is 2.42. The van der Waals surface area contributed by atoms with E-state index in [-0.39, 0.29) is 10.5 Å².